The smallest absolute Gasteiger partial charge is 0.308 e. The van der Waals surface area contributed by atoms with Gasteiger partial charge in [0.25, 0.3) is 0 Å². The maximum atomic E-state index is 11.9. The van der Waals surface area contributed by atoms with Gasteiger partial charge in [-0.1, -0.05) is 12.8 Å². The average Bonchev–Trinajstić information content (AvgIpc) is 2.81. The van der Waals surface area contributed by atoms with E-state index >= 15 is 0 Å². The van der Waals surface area contributed by atoms with Crippen LogP contribution in [0.3, 0.4) is 0 Å². The molecule has 130 valence electrons. The van der Waals surface area contributed by atoms with Crippen molar-refractivity contribution >= 4 is 0 Å². The molecule has 1 aliphatic carbocycles. The molecule has 7 nitrogen and oxygen atoms in total. The minimum atomic E-state index is -0.0539. The van der Waals surface area contributed by atoms with Gasteiger partial charge in [0.05, 0.1) is 5.69 Å². The van der Waals surface area contributed by atoms with Gasteiger partial charge in [-0.3, -0.25) is 4.57 Å². The summed E-state index contributed by atoms with van der Waals surface area (Å²) in [5, 5.41) is 8.05. The molecule has 3 rings (SSSR count). The zero-order chi connectivity index (χ0) is 17.1. The Balaban J connectivity index is 1.66. The summed E-state index contributed by atoms with van der Waals surface area (Å²) in [4.78, 5) is 20.4. The second kappa shape index (κ2) is 7.25. The van der Waals surface area contributed by atoms with E-state index in [4.69, 9.17) is 0 Å². The molecule has 0 radical (unpaired) electrons. The van der Waals surface area contributed by atoms with Crippen LogP contribution in [0.5, 0.6) is 0 Å². The van der Waals surface area contributed by atoms with Crippen LogP contribution >= 0.6 is 0 Å². The summed E-state index contributed by atoms with van der Waals surface area (Å²) in [7, 11) is 3.51. The molecule has 0 unspecified atom stereocenters. The first-order chi connectivity index (χ1) is 11.5. The van der Waals surface area contributed by atoms with Gasteiger partial charge in [0.15, 0.2) is 0 Å². The summed E-state index contributed by atoms with van der Waals surface area (Å²) >= 11 is 0. The number of rotatable bonds is 5. The Hall–Kier alpha value is -2.02. The molecule has 1 aliphatic rings. The van der Waals surface area contributed by atoms with Gasteiger partial charge in [0.1, 0.15) is 12.2 Å². The lowest BCUT2D eigenvalue weighted by atomic mass is 9.82. The van der Waals surface area contributed by atoms with Crippen LogP contribution in [0.2, 0.25) is 0 Å². The van der Waals surface area contributed by atoms with Gasteiger partial charge >= 0.3 is 5.69 Å². The molecule has 2 aromatic rings. The summed E-state index contributed by atoms with van der Waals surface area (Å²) in [6.07, 6.45) is 7.29. The van der Waals surface area contributed by atoms with Gasteiger partial charge in [0, 0.05) is 38.8 Å². The van der Waals surface area contributed by atoms with Crippen LogP contribution in [0.15, 0.2) is 17.2 Å². The highest BCUT2D eigenvalue weighted by Gasteiger charge is 2.26. The van der Waals surface area contributed by atoms with Crippen molar-refractivity contribution in [3.05, 3.63) is 40.1 Å². The Morgan fingerprint density at radius 2 is 2.04 bits per heavy atom. The predicted molar refractivity (Wildman–Crippen MR) is 91.5 cm³/mol. The normalized spacial score (nSPS) is 21.1. The van der Waals surface area contributed by atoms with Crippen molar-refractivity contribution in [3.63, 3.8) is 0 Å². The SMILES string of the molecule is Cc1cc(CN[C@@H]2CCCC[C@@H]2Cc2nn(C)c(=O)n2C)ncn1. The third-order valence-electron chi connectivity index (χ3n) is 4.98. The Morgan fingerprint density at radius 1 is 1.25 bits per heavy atom. The van der Waals surface area contributed by atoms with Crippen LogP contribution in [-0.2, 0) is 27.1 Å². The van der Waals surface area contributed by atoms with Crippen LogP contribution in [0, 0.1) is 12.8 Å². The molecule has 0 saturated heterocycles. The lowest BCUT2D eigenvalue weighted by Crippen LogP contribution is -2.39. The third kappa shape index (κ3) is 3.72. The van der Waals surface area contributed by atoms with Crippen molar-refractivity contribution in [2.24, 2.45) is 20.0 Å². The Morgan fingerprint density at radius 3 is 2.75 bits per heavy atom. The second-order valence-electron chi connectivity index (χ2n) is 6.77. The fourth-order valence-corrected chi connectivity index (χ4v) is 3.59. The Labute approximate surface area is 142 Å². The highest BCUT2D eigenvalue weighted by Crippen LogP contribution is 2.27. The average molecular weight is 330 g/mol. The maximum absolute atomic E-state index is 11.9. The number of nitrogens with zero attached hydrogens (tertiary/aromatic N) is 5. The lowest BCUT2D eigenvalue weighted by molar-refractivity contribution is 0.254. The molecule has 2 atom stereocenters. The zero-order valence-electron chi connectivity index (χ0n) is 14.7. The van der Waals surface area contributed by atoms with Crippen LogP contribution < -0.4 is 11.0 Å². The van der Waals surface area contributed by atoms with E-state index in [2.05, 4.69) is 20.4 Å². The molecular formula is C17H26N6O. The van der Waals surface area contributed by atoms with Crippen LogP contribution in [-0.4, -0.2) is 30.4 Å². The Kier molecular flexibility index (Phi) is 5.08. The Bertz CT molecular complexity index is 750. The van der Waals surface area contributed by atoms with Crippen LogP contribution in [0.25, 0.3) is 0 Å². The second-order valence-corrected chi connectivity index (χ2v) is 6.77. The topological polar surface area (TPSA) is 77.6 Å². The van der Waals surface area contributed by atoms with E-state index in [-0.39, 0.29) is 5.69 Å². The highest BCUT2D eigenvalue weighted by molar-refractivity contribution is 5.06. The van der Waals surface area contributed by atoms with Crippen molar-refractivity contribution in [1.29, 1.82) is 0 Å². The summed E-state index contributed by atoms with van der Waals surface area (Å²) in [5.74, 6) is 1.38. The first kappa shape index (κ1) is 16.8. The molecule has 2 heterocycles. The van der Waals surface area contributed by atoms with Crippen LogP contribution in [0.1, 0.15) is 42.9 Å². The monoisotopic (exact) mass is 330 g/mol. The van der Waals surface area contributed by atoms with Crippen molar-refractivity contribution in [2.75, 3.05) is 0 Å². The first-order valence-electron chi connectivity index (χ1n) is 8.64. The van der Waals surface area contributed by atoms with Gasteiger partial charge in [0.2, 0.25) is 0 Å². The first-order valence-corrected chi connectivity index (χ1v) is 8.64. The van der Waals surface area contributed by atoms with E-state index in [1.165, 1.54) is 23.9 Å². The minimum absolute atomic E-state index is 0.0539. The van der Waals surface area contributed by atoms with Crippen molar-refractivity contribution < 1.29 is 0 Å². The molecule has 7 heteroatoms. The third-order valence-corrected chi connectivity index (χ3v) is 4.98. The zero-order valence-corrected chi connectivity index (χ0v) is 14.7. The highest BCUT2D eigenvalue weighted by atomic mass is 16.2. The summed E-state index contributed by atoms with van der Waals surface area (Å²) < 4.78 is 3.09. The lowest BCUT2D eigenvalue weighted by Gasteiger charge is -2.32. The fourth-order valence-electron chi connectivity index (χ4n) is 3.59. The molecule has 0 bridgehead atoms. The number of nitrogens with one attached hydrogen (secondary N) is 1. The van der Waals surface area contributed by atoms with E-state index in [1.807, 2.05) is 13.0 Å². The van der Waals surface area contributed by atoms with Crippen molar-refractivity contribution in [2.45, 2.75) is 51.6 Å². The number of hydrogen-bond acceptors (Lipinski definition) is 5. The summed E-state index contributed by atoms with van der Waals surface area (Å²) in [5.41, 5.74) is 1.96. The van der Waals surface area contributed by atoms with E-state index in [1.54, 1.807) is 25.0 Å². The van der Waals surface area contributed by atoms with Gasteiger partial charge in [-0.2, -0.15) is 5.10 Å². The van der Waals surface area contributed by atoms with Gasteiger partial charge in [-0.25, -0.2) is 19.4 Å². The largest absolute Gasteiger partial charge is 0.345 e. The predicted octanol–water partition coefficient (Wildman–Crippen LogP) is 1.11. The minimum Gasteiger partial charge on any atom is -0.308 e. The summed E-state index contributed by atoms with van der Waals surface area (Å²) in [6, 6.07) is 2.46. The van der Waals surface area contributed by atoms with E-state index in [0.29, 0.717) is 12.0 Å². The number of aromatic nitrogens is 5. The molecule has 1 saturated carbocycles. The van der Waals surface area contributed by atoms with E-state index < -0.39 is 0 Å². The molecule has 0 amide bonds. The quantitative estimate of drug-likeness (QED) is 0.888. The van der Waals surface area contributed by atoms with E-state index in [0.717, 1.165) is 36.6 Å². The molecule has 0 aromatic carbocycles. The fraction of sp³-hybridized carbons (Fsp3) is 0.647. The number of hydrogen-bond donors (Lipinski definition) is 1. The van der Waals surface area contributed by atoms with Gasteiger partial charge < -0.3 is 5.32 Å². The standard InChI is InChI=1S/C17H26N6O/c1-12-8-14(20-11-19-12)10-18-15-7-5-4-6-13(15)9-16-21-23(3)17(24)22(16)2/h8,11,13,15,18H,4-7,9-10H2,1-3H3/t13-,15-/m1/s1. The molecule has 1 fully saturated rings. The van der Waals surface area contributed by atoms with Gasteiger partial charge in [-0.05, 0) is 31.7 Å². The van der Waals surface area contributed by atoms with Crippen molar-refractivity contribution in [3.8, 4) is 0 Å². The van der Waals surface area contributed by atoms with Gasteiger partial charge in [-0.15, -0.1) is 0 Å². The van der Waals surface area contributed by atoms with Crippen molar-refractivity contribution in [1.82, 2.24) is 29.6 Å². The molecule has 2 aromatic heterocycles. The summed E-state index contributed by atoms with van der Waals surface area (Å²) in [6.45, 7) is 2.74. The molecule has 1 N–H and O–H groups in total. The number of aryl methyl sites for hydroxylation is 2. The van der Waals surface area contributed by atoms with Crippen LogP contribution in [0.4, 0.5) is 0 Å². The molecule has 0 aliphatic heterocycles. The molecule has 0 spiro atoms. The maximum Gasteiger partial charge on any atom is 0.345 e. The van der Waals surface area contributed by atoms with E-state index in [9.17, 15) is 4.79 Å². The molecular weight excluding hydrogens is 304 g/mol. The molecule has 24 heavy (non-hydrogen) atoms.